The van der Waals surface area contributed by atoms with Gasteiger partial charge in [-0.3, -0.25) is 4.79 Å². The van der Waals surface area contributed by atoms with Crippen molar-refractivity contribution in [2.24, 2.45) is 0 Å². The van der Waals surface area contributed by atoms with Gasteiger partial charge in [0.25, 0.3) is 0 Å². The fourth-order valence-corrected chi connectivity index (χ4v) is 2.01. The van der Waals surface area contributed by atoms with Crippen LogP contribution in [-0.2, 0) is 4.79 Å². The van der Waals surface area contributed by atoms with Crippen molar-refractivity contribution in [2.75, 3.05) is 0 Å². The lowest BCUT2D eigenvalue weighted by Gasteiger charge is -1.98. The van der Waals surface area contributed by atoms with Crippen LogP contribution in [0.3, 0.4) is 0 Å². The van der Waals surface area contributed by atoms with Crippen LogP contribution < -0.4 is 0 Å². The maximum atomic E-state index is 10.3. The molecule has 1 N–H and O–H groups in total. The van der Waals surface area contributed by atoms with Crippen molar-refractivity contribution in [1.82, 2.24) is 0 Å². The van der Waals surface area contributed by atoms with Gasteiger partial charge in [0.2, 0.25) is 0 Å². The molecule has 0 unspecified atom stereocenters. The molecule has 0 aromatic heterocycles. The summed E-state index contributed by atoms with van der Waals surface area (Å²) in [5, 5.41) is 8.50. The molecule has 0 atom stereocenters. The Morgan fingerprint density at radius 2 is 1.29 bits per heavy atom. The molecule has 2 nitrogen and oxygen atoms in total. The minimum absolute atomic E-state index is 0.310. The molecule has 0 aliphatic heterocycles. The monoisotopic (exact) mass is 290 g/mol. The summed E-state index contributed by atoms with van der Waals surface area (Å²) < 4.78 is 0. The number of carboxylic acids is 1. The number of carbonyl (C=O) groups is 1. The van der Waals surface area contributed by atoms with Crippen LogP contribution in [0.15, 0.2) is 0 Å². The van der Waals surface area contributed by atoms with Crippen LogP contribution in [0.25, 0.3) is 0 Å². The van der Waals surface area contributed by atoms with Gasteiger partial charge in [0.1, 0.15) is 0 Å². The van der Waals surface area contributed by atoms with Crippen LogP contribution in [0.2, 0.25) is 0 Å². The maximum Gasteiger partial charge on any atom is 0.303 e. The van der Waals surface area contributed by atoms with E-state index >= 15 is 0 Å². The number of unbranched alkanes of at least 4 members (excludes halogenated alkanes) is 9. The Labute approximate surface area is 130 Å². The minimum Gasteiger partial charge on any atom is -0.481 e. The summed E-state index contributed by atoms with van der Waals surface area (Å²) in [7, 11) is 0. The highest BCUT2D eigenvalue weighted by molar-refractivity contribution is 5.66. The molecule has 0 bridgehead atoms. The van der Waals surface area contributed by atoms with Crippen molar-refractivity contribution in [1.29, 1.82) is 0 Å². The number of aliphatic carboxylic acids is 1. The summed E-state index contributed by atoms with van der Waals surface area (Å²) in [6.45, 7) is 2.20. The van der Waals surface area contributed by atoms with E-state index in [0.717, 1.165) is 38.5 Å². The zero-order valence-electron chi connectivity index (χ0n) is 13.5. The molecule has 0 radical (unpaired) electrons. The van der Waals surface area contributed by atoms with Crippen LogP contribution in [0.4, 0.5) is 0 Å². The van der Waals surface area contributed by atoms with E-state index < -0.39 is 5.97 Å². The first-order valence-electron chi connectivity index (χ1n) is 8.40. The highest BCUT2D eigenvalue weighted by atomic mass is 16.4. The first-order valence-corrected chi connectivity index (χ1v) is 8.40. The van der Waals surface area contributed by atoms with Gasteiger partial charge in [-0.25, -0.2) is 0 Å². The third-order valence-corrected chi connectivity index (χ3v) is 3.27. The van der Waals surface area contributed by atoms with Crippen LogP contribution in [0.5, 0.6) is 0 Å². The average molecular weight is 290 g/mol. The predicted molar refractivity (Wildman–Crippen MR) is 88.9 cm³/mol. The number of hydrogen-bond donors (Lipinski definition) is 1. The normalized spacial score (nSPS) is 9.38. The summed E-state index contributed by atoms with van der Waals surface area (Å²) in [6.07, 6.45) is 13.3. The summed E-state index contributed by atoms with van der Waals surface area (Å²) in [5.74, 6) is 11.9. The van der Waals surface area contributed by atoms with Gasteiger partial charge in [0, 0.05) is 19.3 Å². The quantitative estimate of drug-likeness (QED) is 0.421. The van der Waals surface area contributed by atoms with E-state index in [1.165, 1.54) is 32.1 Å². The van der Waals surface area contributed by atoms with Gasteiger partial charge in [0.15, 0.2) is 0 Å². The van der Waals surface area contributed by atoms with Crippen LogP contribution in [-0.4, -0.2) is 11.1 Å². The lowest BCUT2D eigenvalue weighted by Crippen LogP contribution is -1.93. The van der Waals surface area contributed by atoms with Crippen LogP contribution >= 0.6 is 0 Å². The summed E-state index contributed by atoms with van der Waals surface area (Å²) in [5.41, 5.74) is 0. The Morgan fingerprint density at radius 1 is 0.762 bits per heavy atom. The third kappa shape index (κ3) is 18.6. The summed E-state index contributed by atoms with van der Waals surface area (Å²) in [6, 6.07) is 0. The smallest absolute Gasteiger partial charge is 0.303 e. The molecule has 0 saturated carbocycles. The Balaban J connectivity index is 3.24. The fraction of sp³-hybridized carbons (Fsp3) is 0.737. The molecule has 0 rings (SSSR count). The van der Waals surface area contributed by atoms with Crippen molar-refractivity contribution in [3.05, 3.63) is 0 Å². The average Bonchev–Trinajstić information content (AvgIpc) is 2.46. The lowest BCUT2D eigenvalue weighted by atomic mass is 10.1. The van der Waals surface area contributed by atoms with Crippen LogP contribution in [0.1, 0.15) is 90.4 Å². The number of rotatable bonds is 11. The topological polar surface area (TPSA) is 37.3 Å². The molecule has 0 fully saturated rings. The number of carboxylic acid groups (broad SMARTS) is 1. The highest BCUT2D eigenvalue weighted by Gasteiger charge is 1.95. The molecule has 0 spiro atoms. The first-order chi connectivity index (χ1) is 10.3. The van der Waals surface area contributed by atoms with Gasteiger partial charge >= 0.3 is 5.97 Å². The molecule has 21 heavy (non-hydrogen) atoms. The van der Waals surface area contributed by atoms with Gasteiger partial charge in [-0.2, -0.15) is 0 Å². The zero-order valence-corrected chi connectivity index (χ0v) is 13.5. The molecule has 0 amide bonds. The summed E-state index contributed by atoms with van der Waals surface area (Å²) in [4.78, 5) is 10.3. The van der Waals surface area contributed by atoms with Gasteiger partial charge in [0.05, 0.1) is 6.42 Å². The Hall–Kier alpha value is -1.41. The standard InChI is InChI=1S/C19H30O2/c1-2-3-4-5-6-7-8-9-10-11-12-13-14-15-16-17-18-19(20)21/h2-5,8,11-18H2,1H3,(H,20,21). The molecular weight excluding hydrogens is 260 g/mol. The van der Waals surface area contributed by atoms with E-state index in [4.69, 9.17) is 5.11 Å². The molecule has 0 aromatic rings. The molecule has 118 valence electrons. The maximum absolute atomic E-state index is 10.3. The molecule has 0 aliphatic carbocycles. The van der Waals surface area contributed by atoms with Crippen molar-refractivity contribution in [3.63, 3.8) is 0 Å². The second kappa shape index (κ2) is 16.6. The SMILES string of the molecule is CCCCCC#CCC#CCCCCCCCCC(=O)O. The molecular formula is C19H30O2. The van der Waals surface area contributed by atoms with Gasteiger partial charge in [-0.1, -0.05) is 57.3 Å². The van der Waals surface area contributed by atoms with E-state index in [-0.39, 0.29) is 0 Å². The van der Waals surface area contributed by atoms with Gasteiger partial charge in [-0.15, -0.1) is 11.8 Å². The fourth-order valence-electron chi connectivity index (χ4n) is 2.01. The van der Waals surface area contributed by atoms with Crippen molar-refractivity contribution in [3.8, 4) is 23.7 Å². The molecule has 0 aliphatic rings. The van der Waals surface area contributed by atoms with Crippen molar-refractivity contribution >= 4 is 5.97 Å². The lowest BCUT2D eigenvalue weighted by molar-refractivity contribution is -0.137. The van der Waals surface area contributed by atoms with Crippen LogP contribution in [0, 0.1) is 23.7 Å². The van der Waals surface area contributed by atoms with E-state index in [1.807, 2.05) is 0 Å². The molecule has 2 heteroatoms. The zero-order chi connectivity index (χ0) is 15.6. The van der Waals surface area contributed by atoms with E-state index in [2.05, 4.69) is 30.6 Å². The first kappa shape index (κ1) is 19.6. The van der Waals surface area contributed by atoms with E-state index in [0.29, 0.717) is 12.8 Å². The second-order valence-electron chi connectivity index (χ2n) is 5.36. The third-order valence-electron chi connectivity index (χ3n) is 3.27. The molecule has 0 heterocycles. The predicted octanol–water partition coefficient (Wildman–Crippen LogP) is 5.17. The Morgan fingerprint density at radius 3 is 1.86 bits per heavy atom. The second-order valence-corrected chi connectivity index (χ2v) is 5.36. The Kier molecular flexibility index (Phi) is 15.5. The molecule has 0 aromatic carbocycles. The van der Waals surface area contributed by atoms with Gasteiger partial charge < -0.3 is 5.11 Å². The minimum atomic E-state index is -0.682. The molecule has 0 saturated heterocycles. The van der Waals surface area contributed by atoms with Gasteiger partial charge in [-0.05, 0) is 19.3 Å². The largest absolute Gasteiger partial charge is 0.481 e. The van der Waals surface area contributed by atoms with E-state index in [9.17, 15) is 4.79 Å². The van der Waals surface area contributed by atoms with Crippen molar-refractivity contribution in [2.45, 2.75) is 90.4 Å². The highest BCUT2D eigenvalue weighted by Crippen LogP contribution is 2.08. The van der Waals surface area contributed by atoms with E-state index in [1.54, 1.807) is 0 Å². The van der Waals surface area contributed by atoms with Crippen molar-refractivity contribution < 1.29 is 9.90 Å². The number of hydrogen-bond acceptors (Lipinski definition) is 1. The Bertz CT molecular complexity index is 362. The summed E-state index contributed by atoms with van der Waals surface area (Å²) >= 11 is 0.